The summed E-state index contributed by atoms with van der Waals surface area (Å²) in [6, 6.07) is 3.59. The molecule has 0 saturated carbocycles. The van der Waals surface area contributed by atoms with E-state index in [1.165, 1.54) is 12.1 Å². The molecule has 0 heterocycles. The lowest BCUT2D eigenvalue weighted by Gasteiger charge is -2.01. The molecule has 12 heavy (non-hydrogen) atoms. The summed E-state index contributed by atoms with van der Waals surface area (Å²) in [6.07, 6.45) is -1.51. The minimum atomic E-state index is -1.68. The summed E-state index contributed by atoms with van der Waals surface area (Å²) in [7, 11) is 0. The average Bonchev–Trinajstić information content (AvgIpc) is 2.08. The number of carbonyl (C=O) groups excluding carboxylic acids is 1. The smallest absolute Gasteiger partial charge is 0.180 e. The van der Waals surface area contributed by atoms with Crippen molar-refractivity contribution in [2.75, 3.05) is 0 Å². The van der Waals surface area contributed by atoms with Crippen molar-refractivity contribution in [1.82, 2.24) is 0 Å². The van der Waals surface area contributed by atoms with E-state index in [0.29, 0.717) is 0 Å². The fraction of sp³-hybridized carbons (Fsp3) is 0.125. The Balaban J connectivity index is 3.04. The monoisotopic (exact) mass is 234 g/mol. The maximum Gasteiger partial charge on any atom is 0.180 e. The van der Waals surface area contributed by atoms with Crippen LogP contribution in [0.2, 0.25) is 0 Å². The van der Waals surface area contributed by atoms with Crippen LogP contribution in [0.1, 0.15) is 11.7 Å². The van der Waals surface area contributed by atoms with Crippen molar-refractivity contribution in [2.45, 2.75) is 6.17 Å². The number of hydrogen-bond donors (Lipinski definition) is 0. The Morgan fingerprint density at radius 1 is 1.50 bits per heavy atom. The summed E-state index contributed by atoms with van der Waals surface area (Å²) < 4.78 is 25.4. The molecule has 1 aromatic carbocycles. The molecule has 0 N–H and O–H groups in total. The lowest BCUT2D eigenvalue weighted by Crippen LogP contribution is -1.92. The van der Waals surface area contributed by atoms with Crippen molar-refractivity contribution >= 4 is 22.2 Å². The normalized spacial score (nSPS) is 12.6. The lowest BCUT2D eigenvalue weighted by molar-refractivity contribution is -0.112. The van der Waals surface area contributed by atoms with Gasteiger partial charge in [0.25, 0.3) is 0 Å². The van der Waals surface area contributed by atoms with Crippen LogP contribution in [-0.2, 0) is 4.79 Å². The summed E-state index contributed by atoms with van der Waals surface area (Å²) in [4.78, 5) is 10.0. The van der Waals surface area contributed by atoms with Gasteiger partial charge in [-0.1, -0.05) is 6.07 Å². The molecule has 0 radical (unpaired) electrons. The van der Waals surface area contributed by atoms with Crippen LogP contribution in [0.15, 0.2) is 22.7 Å². The Bertz CT molecular complexity index is 301. The Morgan fingerprint density at radius 3 is 2.67 bits per heavy atom. The highest BCUT2D eigenvalue weighted by Crippen LogP contribution is 2.22. The predicted octanol–water partition coefficient (Wildman–Crippen LogP) is 2.80. The first-order valence-corrected chi connectivity index (χ1v) is 3.98. The second-order valence-electron chi connectivity index (χ2n) is 2.21. The molecule has 0 aliphatic rings. The third kappa shape index (κ3) is 1.88. The van der Waals surface area contributed by atoms with Crippen molar-refractivity contribution in [3.05, 3.63) is 34.1 Å². The molecule has 64 valence electrons. The van der Waals surface area contributed by atoms with Gasteiger partial charge < -0.3 is 0 Å². The van der Waals surface area contributed by atoms with Crippen LogP contribution in [-0.4, -0.2) is 6.29 Å². The molecule has 1 atom stereocenters. The van der Waals surface area contributed by atoms with E-state index in [4.69, 9.17) is 0 Å². The van der Waals surface area contributed by atoms with E-state index in [1.54, 1.807) is 0 Å². The molecule has 0 aliphatic carbocycles. The second-order valence-corrected chi connectivity index (χ2v) is 3.07. The number of halogens is 3. The Morgan fingerprint density at radius 2 is 2.17 bits per heavy atom. The number of benzene rings is 1. The zero-order chi connectivity index (χ0) is 9.14. The zero-order valence-electron chi connectivity index (χ0n) is 5.93. The number of carbonyl (C=O) groups is 1. The predicted molar refractivity (Wildman–Crippen MR) is 44.0 cm³/mol. The van der Waals surface area contributed by atoms with Gasteiger partial charge >= 0.3 is 0 Å². The minimum absolute atomic E-state index is 0.151. The quantitative estimate of drug-likeness (QED) is 0.720. The summed E-state index contributed by atoms with van der Waals surface area (Å²) in [5.74, 6) is -0.475. The van der Waals surface area contributed by atoms with Crippen LogP contribution in [0.25, 0.3) is 0 Å². The van der Waals surface area contributed by atoms with Gasteiger partial charge in [0, 0.05) is 0 Å². The second kappa shape index (κ2) is 3.76. The van der Waals surface area contributed by atoms with Gasteiger partial charge in [-0.25, -0.2) is 8.78 Å². The van der Waals surface area contributed by atoms with Crippen LogP contribution in [0.3, 0.4) is 0 Å². The largest absolute Gasteiger partial charge is 0.300 e. The number of rotatable bonds is 2. The van der Waals surface area contributed by atoms with Crippen molar-refractivity contribution in [3.8, 4) is 0 Å². The van der Waals surface area contributed by atoms with Gasteiger partial charge in [0.2, 0.25) is 0 Å². The topological polar surface area (TPSA) is 17.1 Å². The van der Waals surface area contributed by atoms with E-state index < -0.39 is 12.0 Å². The first-order chi connectivity index (χ1) is 5.65. The first kappa shape index (κ1) is 9.32. The van der Waals surface area contributed by atoms with Crippen LogP contribution >= 0.6 is 15.9 Å². The summed E-state index contributed by atoms with van der Waals surface area (Å²) in [6.45, 7) is 0. The molecule has 0 aromatic heterocycles. The van der Waals surface area contributed by atoms with Crippen LogP contribution in [0.4, 0.5) is 8.78 Å². The molecular formula is C8H5BrF2O. The van der Waals surface area contributed by atoms with E-state index in [-0.39, 0.29) is 16.3 Å². The molecule has 0 aliphatic heterocycles. The zero-order valence-corrected chi connectivity index (χ0v) is 7.51. The lowest BCUT2D eigenvalue weighted by atomic mass is 10.1. The summed E-state index contributed by atoms with van der Waals surface area (Å²) in [5.41, 5.74) is 0.151. The molecule has 0 spiro atoms. The van der Waals surface area contributed by atoms with Gasteiger partial charge in [0.1, 0.15) is 5.82 Å². The maximum atomic E-state index is 12.7. The molecule has 0 bridgehead atoms. The Kier molecular flexibility index (Phi) is 2.92. The molecule has 4 heteroatoms. The van der Waals surface area contributed by atoms with Gasteiger partial charge in [-0.2, -0.15) is 0 Å². The van der Waals surface area contributed by atoms with Crippen molar-refractivity contribution in [1.29, 1.82) is 0 Å². The van der Waals surface area contributed by atoms with Crippen LogP contribution in [0.5, 0.6) is 0 Å². The first-order valence-electron chi connectivity index (χ1n) is 3.19. The fourth-order valence-electron chi connectivity index (χ4n) is 0.762. The highest BCUT2D eigenvalue weighted by Gasteiger charge is 2.09. The van der Waals surface area contributed by atoms with Gasteiger partial charge in [-0.05, 0) is 33.6 Å². The molecule has 1 unspecified atom stereocenters. The van der Waals surface area contributed by atoms with Gasteiger partial charge in [-0.3, -0.25) is 4.79 Å². The van der Waals surface area contributed by atoms with Crippen molar-refractivity contribution < 1.29 is 13.6 Å². The Labute approximate surface area is 76.5 Å². The molecule has 0 fully saturated rings. The highest BCUT2D eigenvalue weighted by atomic mass is 79.9. The fourth-order valence-corrected chi connectivity index (χ4v) is 1.16. The standard InChI is InChI=1S/C8H5BrF2O/c9-6-3-5(8(11)4-12)1-2-7(6)10/h1-4,8H. The van der Waals surface area contributed by atoms with Crippen LogP contribution < -0.4 is 0 Å². The molecule has 1 aromatic rings. The number of alkyl halides is 1. The van der Waals surface area contributed by atoms with E-state index in [2.05, 4.69) is 15.9 Å². The van der Waals surface area contributed by atoms with E-state index in [9.17, 15) is 13.6 Å². The Hall–Kier alpha value is -0.770. The van der Waals surface area contributed by atoms with Crippen molar-refractivity contribution in [3.63, 3.8) is 0 Å². The maximum absolute atomic E-state index is 12.7. The third-order valence-corrected chi connectivity index (χ3v) is 1.99. The van der Waals surface area contributed by atoms with E-state index in [0.717, 1.165) is 6.07 Å². The van der Waals surface area contributed by atoms with Gasteiger partial charge in [-0.15, -0.1) is 0 Å². The molecule has 0 saturated heterocycles. The van der Waals surface area contributed by atoms with Crippen LogP contribution in [0, 0.1) is 5.82 Å². The highest BCUT2D eigenvalue weighted by molar-refractivity contribution is 9.10. The molecule has 1 nitrogen and oxygen atoms in total. The SMILES string of the molecule is O=CC(F)c1ccc(F)c(Br)c1. The third-order valence-electron chi connectivity index (χ3n) is 1.38. The summed E-state index contributed by atoms with van der Waals surface area (Å²) >= 11 is 2.89. The molecular weight excluding hydrogens is 230 g/mol. The average molecular weight is 235 g/mol. The minimum Gasteiger partial charge on any atom is -0.300 e. The van der Waals surface area contributed by atoms with Gasteiger partial charge in [0.15, 0.2) is 12.5 Å². The van der Waals surface area contributed by atoms with Crippen molar-refractivity contribution in [2.24, 2.45) is 0 Å². The molecule has 0 amide bonds. The van der Waals surface area contributed by atoms with E-state index in [1.807, 2.05) is 0 Å². The number of aldehydes is 1. The summed E-state index contributed by atoms with van der Waals surface area (Å²) in [5, 5.41) is 0. The van der Waals surface area contributed by atoms with Gasteiger partial charge in [0.05, 0.1) is 4.47 Å². The number of hydrogen-bond acceptors (Lipinski definition) is 1. The molecule has 1 rings (SSSR count). The van der Waals surface area contributed by atoms with E-state index >= 15 is 0 Å².